The van der Waals surface area contributed by atoms with Gasteiger partial charge >= 0.3 is 0 Å². The standard InChI is InChI=1S/C20H41N5.HI/c1-5-23(6-2)16-19-11-15-25(17-19)20(21-4)22-12-8-18-9-13-24(7-3)14-10-18;/h18-19H,5-17H2,1-4H3,(H,21,22);1H. The van der Waals surface area contributed by atoms with E-state index in [2.05, 4.69) is 45.8 Å². The first-order valence-electron chi connectivity index (χ1n) is 10.6. The predicted octanol–water partition coefficient (Wildman–Crippen LogP) is 2.97. The maximum Gasteiger partial charge on any atom is 0.193 e. The van der Waals surface area contributed by atoms with E-state index in [1.54, 1.807) is 0 Å². The van der Waals surface area contributed by atoms with Gasteiger partial charge in [-0.1, -0.05) is 20.8 Å². The lowest BCUT2D eigenvalue weighted by Gasteiger charge is -2.31. The third-order valence-electron chi connectivity index (χ3n) is 6.20. The monoisotopic (exact) mass is 479 g/mol. The number of halogens is 1. The normalized spacial score (nSPS) is 22.7. The Morgan fingerprint density at radius 2 is 1.69 bits per heavy atom. The number of hydrogen-bond donors (Lipinski definition) is 1. The van der Waals surface area contributed by atoms with Crippen molar-refractivity contribution in [1.82, 2.24) is 20.0 Å². The van der Waals surface area contributed by atoms with Crippen molar-refractivity contribution in [2.45, 2.75) is 46.5 Å². The summed E-state index contributed by atoms with van der Waals surface area (Å²) < 4.78 is 0. The first-order chi connectivity index (χ1) is 12.2. The minimum absolute atomic E-state index is 0. The average Bonchev–Trinajstić information content (AvgIpc) is 3.12. The molecule has 2 heterocycles. The van der Waals surface area contributed by atoms with E-state index in [4.69, 9.17) is 0 Å². The van der Waals surface area contributed by atoms with E-state index in [9.17, 15) is 0 Å². The minimum Gasteiger partial charge on any atom is -0.356 e. The Balaban J connectivity index is 0.00000338. The molecular weight excluding hydrogens is 437 g/mol. The molecule has 2 aliphatic rings. The number of rotatable bonds is 8. The van der Waals surface area contributed by atoms with Crippen molar-refractivity contribution < 1.29 is 0 Å². The average molecular weight is 479 g/mol. The molecule has 2 aliphatic heterocycles. The van der Waals surface area contributed by atoms with E-state index in [1.165, 1.54) is 51.9 Å². The molecule has 1 unspecified atom stereocenters. The Hall–Kier alpha value is -0.0800. The summed E-state index contributed by atoms with van der Waals surface area (Å²) in [6, 6.07) is 0. The van der Waals surface area contributed by atoms with Gasteiger partial charge in [0.2, 0.25) is 0 Å². The quantitative estimate of drug-likeness (QED) is 0.330. The molecule has 0 spiro atoms. The Kier molecular flexibility index (Phi) is 12.1. The summed E-state index contributed by atoms with van der Waals surface area (Å²) in [6.45, 7) is 17.5. The molecule has 154 valence electrons. The second-order valence-electron chi connectivity index (χ2n) is 7.73. The van der Waals surface area contributed by atoms with Crippen LogP contribution in [0, 0.1) is 11.8 Å². The highest BCUT2D eigenvalue weighted by molar-refractivity contribution is 14.0. The largest absolute Gasteiger partial charge is 0.356 e. The fourth-order valence-corrected chi connectivity index (χ4v) is 4.33. The number of guanidine groups is 1. The number of nitrogens with one attached hydrogen (secondary N) is 1. The van der Waals surface area contributed by atoms with Gasteiger partial charge in [-0.2, -0.15) is 0 Å². The molecule has 0 amide bonds. The third-order valence-corrected chi connectivity index (χ3v) is 6.20. The maximum absolute atomic E-state index is 4.54. The van der Waals surface area contributed by atoms with E-state index in [-0.39, 0.29) is 24.0 Å². The predicted molar refractivity (Wildman–Crippen MR) is 124 cm³/mol. The van der Waals surface area contributed by atoms with E-state index >= 15 is 0 Å². The van der Waals surface area contributed by atoms with Crippen LogP contribution in [0.15, 0.2) is 4.99 Å². The summed E-state index contributed by atoms with van der Waals surface area (Å²) in [5, 5.41) is 3.63. The van der Waals surface area contributed by atoms with E-state index in [0.29, 0.717) is 0 Å². The third kappa shape index (κ3) is 7.50. The highest BCUT2D eigenvalue weighted by Crippen LogP contribution is 2.20. The molecule has 0 bridgehead atoms. The molecule has 0 radical (unpaired) electrons. The van der Waals surface area contributed by atoms with Crippen LogP contribution in [0.25, 0.3) is 0 Å². The highest BCUT2D eigenvalue weighted by Gasteiger charge is 2.26. The summed E-state index contributed by atoms with van der Waals surface area (Å²) >= 11 is 0. The number of piperidine rings is 1. The smallest absolute Gasteiger partial charge is 0.193 e. The maximum atomic E-state index is 4.54. The van der Waals surface area contributed by atoms with Gasteiger partial charge in [0.1, 0.15) is 0 Å². The van der Waals surface area contributed by atoms with Crippen LogP contribution in [0.4, 0.5) is 0 Å². The molecule has 0 saturated carbocycles. The van der Waals surface area contributed by atoms with Gasteiger partial charge in [0.15, 0.2) is 5.96 Å². The zero-order valence-corrected chi connectivity index (χ0v) is 19.9. The molecule has 26 heavy (non-hydrogen) atoms. The van der Waals surface area contributed by atoms with Gasteiger partial charge in [0.05, 0.1) is 0 Å². The Bertz CT molecular complexity index is 392. The molecule has 5 nitrogen and oxygen atoms in total. The lowest BCUT2D eigenvalue weighted by atomic mass is 9.93. The van der Waals surface area contributed by atoms with Crippen LogP contribution in [0.3, 0.4) is 0 Å². The van der Waals surface area contributed by atoms with Crippen molar-refractivity contribution in [1.29, 1.82) is 0 Å². The number of aliphatic imine (C=N–C) groups is 1. The lowest BCUT2D eigenvalue weighted by Crippen LogP contribution is -2.42. The Morgan fingerprint density at radius 3 is 2.27 bits per heavy atom. The van der Waals surface area contributed by atoms with Crippen LogP contribution in [-0.4, -0.2) is 86.6 Å². The van der Waals surface area contributed by atoms with Crippen molar-refractivity contribution in [2.75, 3.05) is 66.0 Å². The lowest BCUT2D eigenvalue weighted by molar-refractivity contribution is 0.187. The van der Waals surface area contributed by atoms with Crippen LogP contribution in [0.2, 0.25) is 0 Å². The van der Waals surface area contributed by atoms with Gasteiger partial charge in [-0.05, 0) is 70.2 Å². The van der Waals surface area contributed by atoms with Crippen LogP contribution in [-0.2, 0) is 0 Å². The highest BCUT2D eigenvalue weighted by atomic mass is 127. The molecule has 0 aliphatic carbocycles. The Labute approximate surface area is 179 Å². The zero-order valence-electron chi connectivity index (χ0n) is 17.5. The van der Waals surface area contributed by atoms with Crippen LogP contribution in [0.5, 0.6) is 0 Å². The number of hydrogen-bond acceptors (Lipinski definition) is 3. The SMILES string of the molecule is CCN1CCC(CCNC(=NC)N2CCC(CN(CC)CC)C2)CC1.I. The van der Waals surface area contributed by atoms with E-state index in [0.717, 1.165) is 50.5 Å². The van der Waals surface area contributed by atoms with Crippen molar-refractivity contribution in [3.63, 3.8) is 0 Å². The minimum atomic E-state index is 0. The van der Waals surface area contributed by atoms with Crippen molar-refractivity contribution in [3.8, 4) is 0 Å². The first-order valence-corrected chi connectivity index (χ1v) is 10.6. The fourth-order valence-electron chi connectivity index (χ4n) is 4.33. The van der Waals surface area contributed by atoms with Gasteiger partial charge < -0.3 is 20.0 Å². The summed E-state index contributed by atoms with van der Waals surface area (Å²) in [5.41, 5.74) is 0. The van der Waals surface area contributed by atoms with Crippen molar-refractivity contribution in [2.24, 2.45) is 16.8 Å². The second kappa shape index (κ2) is 13.2. The van der Waals surface area contributed by atoms with Crippen LogP contribution < -0.4 is 5.32 Å². The second-order valence-corrected chi connectivity index (χ2v) is 7.73. The van der Waals surface area contributed by atoms with Crippen LogP contribution in [0.1, 0.15) is 46.5 Å². The molecule has 2 saturated heterocycles. The zero-order chi connectivity index (χ0) is 18.1. The molecule has 0 aromatic carbocycles. The molecule has 2 fully saturated rings. The Morgan fingerprint density at radius 1 is 1.04 bits per heavy atom. The molecular formula is C20H42IN5. The molecule has 2 rings (SSSR count). The molecule has 1 atom stereocenters. The van der Waals surface area contributed by atoms with Gasteiger partial charge in [0, 0.05) is 33.2 Å². The van der Waals surface area contributed by atoms with Crippen molar-refractivity contribution >= 4 is 29.9 Å². The summed E-state index contributed by atoms with van der Waals surface area (Å²) in [5.74, 6) is 2.80. The van der Waals surface area contributed by atoms with Gasteiger partial charge in [-0.3, -0.25) is 4.99 Å². The molecule has 0 aromatic heterocycles. The first kappa shape index (κ1) is 24.0. The van der Waals surface area contributed by atoms with Gasteiger partial charge in [0.25, 0.3) is 0 Å². The molecule has 6 heteroatoms. The topological polar surface area (TPSA) is 34.1 Å². The van der Waals surface area contributed by atoms with Crippen LogP contribution >= 0.6 is 24.0 Å². The van der Waals surface area contributed by atoms with E-state index in [1.807, 2.05) is 7.05 Å². The van der Waals surface area contributed by atoms with Gasteiger partial charge in [-0.25, -0.2) is 0 Å². The fraction of sp³-hybridized carbons (Fsp3) is 0.950. The molecule has 0 aromatic rings. The van der Waals surface area contributed by atoms with Gasteiger partial charge in [-0.15, -0.1) is 24.0 Å². The van der Waals surface area contributed by atoms with Crippen molar-refractivity contribution in [3.05, 3.63) is 0 Å². The summed E-state index contributed by atoms with van der Waals surface area (Å²) in [4.78, 5) is 12.1. The van der Waals surface area contributed by atoms with E-state index < -0.39 is 0 Å². The summed E-state index contributed by atoms with van der Waals surface area (Å²) in [6.07, 6.45) is 5.31. The molecule has 1 N–H and O–H groups in total. The number of likely N-dealkylation sites (tertiary alicyclic amines) is 2. The number of nitrogens with zero attached hydrogens (tertiary/aromatic N) is 4. The summed E-state index contributed by atoms with van der Waals surface area (Å²) in [7, 11) is 1.93.